The number of hydrogen-bond acceptors (Lipinski definition) is 3. The van der Waals surface area contributed by atoms with Gasteiger partial charge in [0.1, 0.15) is 5.75 Å². The normalized spacial score (nSPS) is 13.4. The van der Waals surface area contributed by atoms with Gasteiger partial charge in [-0.1, -0.05) is 18.2 Å². The summed E-state index contributed by atoms with van der Waals surface area (Å²) < 4.78 is 5.42. The van der Waals surface area contributed by atoms with E-state index < -0.39 is 0 Å². The van der Waals surface area contributed by atoms with Crippen molar-refractivity contribution in [2.75, 3.05) is 24.3 Å². The van der Waals surface area contributed by atoms with Crippen LogP contribution in [-0.4, -0.2) is 13.7 Å². The molecule has 19 heavy (non-hydrogen) atoms. The maximum absolute atomic E-state index is 5.84. The average molecular weight is 254 g/mol. The van der Waals surface area contributed by atoms with E-state index in [4.69, 9.17) is 10.5 Å². The Morgan fingerprint density at radius 2 is 2.05 bits per heavy atom. The molecule has 0 atom stereocenters. The number of para-hydroxylation sites is 1. The summed E-state index contributed by atoms with van der Waals surface area (Å²) in [7, 11) is 1.72. The SMILES string of the molecule is COc1ccccc1CN1CCc2cc(N)ccc21. The number of nitrogen functional groups attached to an aromatic ring is 1. The van der Waals surface area contributed by atoms with Crippen molar-refractivity contribution >= 4 is 11.4 Å². The summed E-state index contributed by atoms with van der Waals surface area (Å²) in [5.41, 5.74) is 10.5. The topological polar surface area (TPSA) is 38.5 Å². The van der Waals surface area contributed by atoms with Crippen molar-refractivity contribution in [2.24, 2.45) is 0 Å². The number of anilines is 2. The fourth-order valence-electron chi connectivity index (χ4n) is 2.69. The third-order valence-electron chi connectivity index (χ3n) is 3.65. The Labute approximate surface area is 113 Å². The summed E-state index contributed by atoms with van der Waals surface area (Å²) in [4.78, 5) is 2.38. The van der Waals surface area contributed by atoms with Gasteiger partial charge < -0.3 is 15.4 Å². The number of nitrogens with two attached hydrogens (primary N) is 1. The molecule has 3 rings (SSSR count). The van der Waals surface area contributed by atoms with Crippen LogP contribution in [0.5, 0.6) is 5.75 Å². The molecule has 1 aliphatic heterocycles. The third kappa shape index (κ3) is 2.24. The molecule has 2 aromatic rings. The van der Waals surface area contributed by atoms with E-state index in [2.05, 4.69) is 29.2 Å². The lowest BCUT2D eigenvalue weighted by atomic mass is 10.1. The Kier molecular flexibility index (Phi) is 3.03. The highest BCUT2D eigenvalue weighted by atomic mass is 16.5. The van der Waals surface area contributed by atoms with Crippen LogP contribution in [-0.2, 0) is 13.0 Å². The summed E-state index contributed by atoms with van der Waals surface area (Å²) in [6, 6.07) is 14.4. The van der Waals surface area contributed by atoms with Crippen molar-refractivity contribution in [1.82, 2.24) is 0 Å². The second-order valence-corrected chi connectivity index (χ2v) is 4.87. The molecule has 0 unspecified atom stereocenters. The second kappa shape index (κ2) is 4.84. The highest BCUT2D eigenvalue weighted by molar-refractivity contribution is 5.63. The molecular formula is C16H18N2O. The molecule has 2 aromatic carbocycles. The molecule has 0 amide bonds. The molecule has 0 saturated carbocycles. The molecule has 0 bridgehead atoms. The first-order valence-corrected chi connectivity index (χ1v) is 6.53. The van der Waals surface area contributed by atoms with Crippen LogP contribution in [0.25, 0.3) is 0 Å². The van der Waals surface area contributed by atoms with Gasteiger partial charge in [-0.15, -0.1) is 0 Å². The van der Waals surface area contributed by atoms with Crippen LogP contribution in [0.3, 0.4) is 0 Å². The van der Waals surface area contributed by atoms with Crippen LogP contribution in [0.15, 0.2) is 42.5 Å². The average Bonchev–Trinajstić information content (AvgIpc) is 2.82. The molecule has 0 aromatic heterocycles. The molecule has 0 radical (unpaired) electrons. The van der Waals surface area contributed by atoms with Crippen LogP contribution in [0, 0.1) is 0 Å². The molecule has 2 N–H and O–H groups in total. The van der Waals surface area contributed by atoms with Gasteiger partial charge in [0.15, 0.2) is 0 Å². The first-order valence-electron chi connectivity index (χ1n) is 6.53. The summed E-state index contributed by atoms with van der Waals surface area (Å²) in [5.74, 6) is 0.950. The van der Waals surface area contributed by atoms with Crippen molar-refractivity contribution in [3.8, 4) is 5.75 Å². The molecule has 0 spiro atoms. The highest BCUT2D eigenvalue weighted by Gasteiger charge is 2.20. The molecular weight excluding hydrogens is 236 g/mol. The molecule has 3 nitrogen and oxygen atoms in total. The Hall–Kier alpha value is -2.16. The monoisotopic (exact) mass is 254 g/mol. The lowest BCUT2D eigenvalue weighted by Gasteiger charge is -2.21. The van der Waals surface area contributed by atoms with E-state index in [0.29, 0.717) is 0 Å². The lowest BCUT2D eigenvalue weighted by molar-refractivity contribution is 0.409. The van der Waals surface area contributed by atoms with Gasteiger partial charge in [-0.2, -0.15) is 0 Å². The van der Waals surface area contributed by atoms with E-state index in [1.165, 1.54) is 16.8 Å². The second-order valence-electron chi connectivity index (χ2n) is 4.87. The van der Waals surface area contributed by atoms with Gasteiger partial charge in [-0.3, -0.25) is 0 Å². The number of methoxy groups -OCH3 is 1. The fraction of sp³-hybridized carbons (Fsp3) is 0.250. The zero-order valence-corrected chi connectivity index (χ0v) is 11.1. The molecule has 0 fully saturated rings. The molecule has 98 valence electrons. The standard InChI is InChI=1S/C16H18N2O/c1-19-16-5-3-2-4-13(16)11-18-9-8-12-10-14(17)6-7-15(12)18/h2-7,10H,8-9,11,17H2,1H3. The third-order valence-corrected chi connectivity index (χ3v) is 3.65. The van der Waals surface area contributed by atoms with Crippen molar-refractivity contribution in [1.29, 1.82) is 0 Å². The summed E-state index contributed by atoms with van der Waals surface area (Å²) in [6.45, 7) is 1.91. The summed E-state index contributed by atoms with van der Waals surface area (Å²) >= 11 is 0. The predicted molar refractivity (Wildman–Crippen MR) is 78.6 cm³/mol. The Morgan fingerprint density at radius 1 is 1.21 bits per heavy atom. The van der Waals surface area contributed by atoms with Gasteiger partial charge in [0.25, 0.3) is 0 Å². The number of benzene rings is 2. The molecule has 1 aliphatic rings. The largest absolute Gasteiger partial charge is 0.496 e. The maximum Gasteiger partial charge on any atom is 0.123 e. The van der Waals surface area contributed by atoms with E-state index in [9.17, 15) is 0 Å². The molecule has 0 aliphatic carbocycles. The van der Waals surface area contributed by atoms with E-state index in [1.54, 1.807) is 7.11 Å². The quantitative estimate of drug-likeness (QED) is 0.856. The van der Waals surface area contributed by atoms with Crippen molar-refractivity contribution in [3.05, 3.63) is 53.6 Å². The van der Waals surface area contributed by atoms with Crippen LogP contribution in [0.1, 0.15) is 11.1 Å². The number of nitrogens with zero attached hydrogens (tertiary/aromatic N) is 1. The minimum Gasteiger partial charge on any atom is -0.496 e. The predicted octanol–water partition coefficient (Wildman–Crippen LogP) is 2.84. The molecule has 0 saturated heterocycles. The van der Waals surface area contributed by atoms with Gasteiger partial charge in [0.05, 0.1) is 7.11 Å². The minimum atomic E-state index is 0.845. The Morgan fingerprint density at radius 3 is 2.89 bits per heavy atom. The van der Waals surface area contributed by atoms with E-state index in [0.717, 1.165) is 30.9 Å². The summed E-state index contributed by atoms with van der Waals surface area (Å²) in [6.07, 6.45) is 1.07. The highest BCUT2D eigenvalue weighted by Crippen LogP contribution is 2.32. The zero-order chi connectivity index (χ0) is 13.2. The first-order chi connectivity index (χ1) is 9.28. The van der Waals surface area contributed by atoms with Crippen LogP contribution < -0.4 is 15.4 Å². The smallest absolute Gasteiger partial charge is 0.123 e. The zero-order valence-electron chi connectivity index (χ0n) is 11.1. The number of fused-ring (bicyclic) bond motifs is 1. The van der Waals surface area contributed by atoms with Crippen molar-refractivity contribution in [2.45, 2.75) is 13.0 Å². The van der Waals surface area contributed by atoms with E-state index in [1.807, 2.05) is 18.2 Å². The van der Waals surface area contributed by atoms with Gasteiger partial charge in [0, 0.05) is 30.0 Å². The number of rotatable bonds is 3. The van der Waals surface area contributed by atoms with Crippen LogP contribution >= 0.6 is 0 Å². The van der Waals surface area contributed by atoms with Gasteiger partial charge >= 0.3 is 0 Å². The summed E-state index contributed by atoms with van der Waals surface area (Å²) in [5, 5.41) is 0. The van der Waals surface area contributed by atoms with Gasteiger partial charge in [-0.05, 0) is 36.2 Å². The first kappa shape index (κ1) is 11.9. The van der Waals surface area contributed by atoms with Gasteiger partial charge in [0.2, 0.25) is 0 Å². The molecule has 1 heterocycles. The molecule has 3 heteroatoms. The van der Waals surface area contributed by atoms with Crippen molar-refractivity contribution in [3.63, 3.8) is 0 Å². The number of ether oxygens (including phenoxy) is 1. The fourth-order valence-corrected chi connectivity index (χ4v) is 2.69. The minimum absolute atomic E-state index is 0.845. The van der Waals surface area contributed by atoms with Crippen LogP contribution in [0.2, 0.25) is 0 Å². The van der Waals surface area contributed by atoms with Gasteiger partial charge in [-0.25, -0.2) is 0 Å². The van der Waals surface area contributed by atoms with Crippen LogP contribution in [0.4, 0.5) is 11.4 Å². The van der Waals surface area contributed by atoms with E-state index >= 15 is 0 Å². The number of hydrogen-bond donors (Lipinski definition) is 1. The van der Waals surface area contributed by atoms with Crippen molar-refractivity contribution < 1.29 is 4.74 Å². The van der Waals surface area contributed by atoms with E-state index in [-0.39, 0.29) is 0 Å². The Balaban J connectivity index is 1.87. The Bertz CT molecular complexity index is 595. The maximum atomic E-state index is 5.84. The lowest BCUT2D eigenvalue weighted by Crippen LogP contribution is -2.20.